The van der Waals surface area contributed by atoms with E-state index in [1.807, 2.05) is 23.9 Å². The molecule has 1 aromatic carbocycles. The van der Waals surface area contributed by atoms with Gasteiger partial charge in [0.2, 0.25) is 0 Å². The number of aliphatic hydroxyl groups excluding tert-OH is 1. The van der Waals surface area contributed by atoms with Crippen molar-refractivity contribution in [1.82, 2.24) is 9.97 Å². The first-order chi connectivity index (χ1) is 15.7. The van der Waals surface area contributed by atoms with Crippen LogP contribution in [0.1, 0.15) is 7.43 Å². The van der Waals surface area contributed by atoms with Gasteiger partial charge in [-0.2, -0.15) is 11.8 Å². The van der Waals surface area contributed by atoms with Crippen molar-refractivity contribution in [3.8, 4) is 17.1 Å². The van der Waals surface area contributed by atoms with E-state index in [4.69, 9.17) is 30.8 Å². The summed E-state index contributed by atoms with van der Waals surface area (Å²) in [5.74, 6) is 2.92. The molecule has 0 aliphatic carbocycles. The van der Waals surface area contributed by atoms with Crippen molar-refractivity contribution in [1.29, 1.82) is 0 Å². The summed E-state index contributed by atoms with van der Waals surface area (Å²) in [6, 6.07) is 12.2. The van der Waals surface area contributed by atoms with E-state index in [1.165, 1.54) is 17.2 Å². The maximum absolute atomic E-state index is 9.92. The van der Waals surface area contributed by atoms with Crippen molar-refractivity contribution in [3.63, 3.8) is 0 Å². The summed E-state index contributed by atoms with van der Waals surface area (Å²) in [6.45, 7) is 2.82. The van der Waals surface area contributed by atoms with E-state index in [2.05, 4.69) is 34.1 Å². The Morgan fingerprint density at radius 2 is 1.85 bits per heavy atom. The van der Waals surface area contributed by atoms with Crippen LogP contribution in [-0.4, -0.2) is 77.3 Å². The fourth-order valence-electron chi connectivity index (χ4n) is 4.63. The summed E-state index contributed by atoms with van der Waals surface area (Å²) in [6.07, 6.45) is -1.46. The topological polar surface area (TPSA) is 79.8 Å². The van der Waals surface area contributed by atoms with Gasteiger partial charge in [-0.1, -0.05) is 31.2 Å². The number of H-pyrrole nitrogens is 1. The zero-order valence-electron chi connectivity index (χ0n) is 17.4. The number of hydrogen-bond donors (Lipinski definition) is 2. The molecule has 9 heteroatoms. The second kappa shape index (κ2) is 9.35. The Labute approximate surface area is 202 Å². The number of aromatic nitrogens is 2. The molecule has 1 unspecified atom stereocenters. The van der Waals surface area contributed by atoms with Gasteiger partial charge in [-0.25, -0.2) is 4.98 Å². The van der Waals surface area contributed by atoms with Crippen LogP contribution in [0.2, 0.25) is 5.02 Å². The lowest BCUT2D eigenvalue weighted by Gasteiger charge is -2.28. The maximum Gasteiger partial charge on any atom is 0.193 e. The van der Waals surface area contributed by atoms with Gasteiger partial charge in [0.1, 0.15) is 18.3 Å². The number of benzene rings is 1. The maximum atomic E-state index is 9.92. The molecule has 3 aliphatic rings. The monoisotopic (exact) mass is 489 g/mol. The molecule has 3 aromatic rings. The summed E-state index contributed by atoms with van der Waals surface area (Å²) in [7, 11) is 0. The molecule has 2 N–H and O–H groups in total. The molecule has 4 atom stereocenters. The Hall–Kier alpha value is -1.97. The molecule has 0 saturated carbocycles. The highest BCUT2D eigenvalue weighted by atomic mass is 35.5. The average Bonchev–Trinajstić information content (AvgIpc) is 3.51. The first-order valence-electron chi connectivity index (χ1n) is 10.9. The van der Waals surface area contributed by atoms with E-state index in [-0.39, 0.29) is 32.3 Å². The average molecular weight is 490 g/mol. The number of hydrogen-bond acceptors (Lipinski definition) is 7. The Bertz CT molecular complexity index is 1120. The lowest BCUT2D eigenvalue weighted by atomic mass is 10.1. The molecule has 0 radical (unpaired) electrons. The van der Waals surface area contributed by atoms with Crippen LogP contribution in [0, 0.1) is 0 Å². The van der Waals surface area contributed by atoms with E-state index in [0.717, 1.165) is 35.4 Å². The fraction of sp³-hybridized carbons (Fsp3) is 0.458. The van der Waals surface area contributed by atoms with Gasteiger partial charge in [-0.15, -0.1) is 0 Å². The van der Waals surface area contributed by atoms with Gasteiger partial charge < -0.3 is 29.2 Å². The molecule has 0 amide bonds. The highest BCUT2D eigenvalue weighted by Gasteiger charge is 2.48. The number of pyridine rings is 1. The van der Waals surface area contributed by atoms with Crippen molar-refractivity contribution in [2.75, 3.05) is 42.7 Å². The van der Waals surface area contributed by atoms with Crippen molar-refractivity contribution < 1.29 is 19.3 Å². The fourth-order valence-corrected chi connectivity index (χ4v) is 5.80. The second-order valence-electron chi connectivity index (χ2n) is 8.35. The minimum absolute atomic E-state index is 0. The quantitative estimate of drug-likeness (QED) is 0.573. The molecular weight excluding hydrogens is 462 g/mol. The van der Waals surface area contributed by atoms with Crippen molar-refractivity contribution in [2.24, 2.45) is 0 Å². The highest BCUT2D eigenvalue weighted by Crippen LogP contribution is 2.34. The summed E-state index contributed by atoms with van der Waals surface area (Å²) >= 11 is 8.60. The Balaban J connectivity index is 0.00000228. The molecule has 7 nitrogen and oxygen atoms in total. The lowest BCUT2D eigenvalue weighted by Crippen LogP contribution is -2.34. The normalized spacial score (nSPS) is 26.9. The number of aliphatic hydroxyl groups is 1. The third-order valence-corrected chi connectivity index (χ3v) is 7.54. The number of rotatable bonds is 4. The van der Waals surface area contributed by atoms with E-state index >= 15 is 0 Å². The Morgan fingerprint density at radius 3 is 2.64 bits per heavy atom. The minimum atomic E-state index is -0.598. The van der Waals surface area contributed by atoms with E-state index in [0.29, 0.717) is 17.5 Å². The van der Waals surface area contributed by atoms with Crippen LogP contribution in [0.4, 0.5) is 5.69 Å². The molecule has 0 bridgehead atoms. The van der Waals surface area contributed by atoms with Crippen LogP contribution in [0.15, 0.2) is 36.4 Å². The Morgan fingerprint density at radius 1 is 1.09 bits per heavy atom. The Kier molecular flexibility index (Phi) is 6.46. The SMILES string of the molecule is C.O[C@@H]1CO[C@H]2C1OC[C@H]2Oc1cc2nc(-c3ccc(N4CCSCC4)cc3)c(Cl)cc2[nH]1. The van der Waals surface area contributed by atoms with Crippen LogP contribution in [0.25, 0.3) is 22.3 Å². The van der Waals surface area contributed by atoms with Gasteiger partial charge in [0.15, 0.2) is 12.0 Å². The number of nitrogens with one attached hydrogen (secondary N) is 1. The first-order valence-corrected chi connectivity index (χ1v) is 12.4. The van der Waals surface area contributed by atoms with Crippen molar-refractivity contribution >= 4 is 40.1 Å². The molecular formula is C24H28ClN3O4S. The molecule has 0 spiro atoms. The minimum Gasteiger partial charge on any atom is -0.470 e. The van der Waals surface area contributed by atoms with Crippen LogP contribution < -0.4 is 9.64 Å². The first kappa shape index (κ1) is 22.8. The number of aromatic amines is 1. The van der Waals surface area contributed by atoms with Gasteiger partial charge in [0.25, 0.3) is 0 Å². The van der Waals surface area contributed by atoms with Gasteiger partial charge in [0, 0.05) is 41.9 Å². The molecule has 3 saturated heterocycles. The highest BCUT2D eigenvalue weighted by molar-refractivity contribution is 7.99. The summed E-state index contributed by atoms with van der Waals surface area (Å²) in [4.78, 5) is 10.4. The van der Waals surface area contributed by atoms with Crippen LogP contribution >= 0.6 is 23.4 Å². The van der Waals surface area contributed by atoms with Crippen LogP contribution in [-0.2, 0) is 9.47 Å². The number of halogens is 1. The molecule has 176 valence electrons. The number of fused-ring (bicyclic) bond motifs is 2. The zero-order chi connectivity index (χ0) is 21.7. The summed E-state index contributed by atoms with van der Waals surface area (Å²) in [5, 5.41) is 10.5. The van der Waals surface area contributed by atoms with Gasteiger partial charge in [0.05, 0.1) is 35.0 Å². The van der Waals surface area contributed by atoms with E-state index in [1.54, 1.807) is 0 Å². The summed E-state index contributed by atoms with van der Waals surface area (Å²) in [5.41, 5.74) is 4.55. The number of nitrogens with zero attached hydrogens (tertiary/aromatic N) is 2. The second-order valence-corrected chi connectivity index (χ2v) is 9.98. The lowest BCUT2D eigenvalue weighted by molar-refractivity contribution is 0.00794. The van der Waals surface area contributed by atoms with Crippen molar-refractivity contribution in [3.05, 3.63) is 41.4 Å². The standard InChI is InChI=1S/C23H24ClN3O4S.CH4/c24-15-9-16-17(10-20(25-16)31-19-12-30-22-18(28)11-29-23(19)22)26-21(15)13-1-3-14(4-2-13)27-5-7-32-8-6-27;/h1-4,9-10,18-19,22-23,25,28H,5-8,11-12H2;1H4/t18-,19-,22?,23-;/m1./s1. The number of ether oxygens (including phenoxy) is 3. The molecule has 3 fully saturated rings. The summed E-state index contributed by atoms with van der Waals surface area (Å²) < 4.78 is 17.4. The molecule has 3 aliphatic heterocycles. The largest absolute Gasteiger partial charge is 0.470 e. The third kappa shape index (κ3) is 4.31. The molecule has 2 aromatic heterocycles. The van der Waals surface area contributed by atoms with Crippen LogP contribution in [0.3, 0.4) is 0 Å². The molecule has 5 heterocycles. The van der Waals surface area contributed by atoms with Gasteiger partial charge in [-0.3, -0.25) is 0 Å². The number of thioether (sulfide) groups is 1. The van der Waals surface area contributed by atoms with Crippen molar-refractivity contribution in [2.45, 2.75) is 31.8 Å². The van der Waals surface area contributed by atoms with Gasteiger partial charge in [-0.05, 0) is 18.2 Å². The zero-order valence-corrected chi connectivity index (χ0v) is 18.9. The predicted octanol–water partition coefficient (Wildman–Crippen LogP) is 3.98. The van der Waals surface area contributed by atoms with Gasteiger partial charge >= 0.3 is 0 Å². The van der Waals surface area contributed by atoms with Crippen LogP contribution in [0.5, 0.6) is 5.88 Å². The van der Waals surface area contributed by atoms with E-state index in [9.17, 15) is 5.11 Å². The number of anilines is 1. The smallest absolute Gasteiger partial charge is 0.193 e. The predicted molar refractivity (Wildman–Crippen MR) is 133 cm³/mol. The van der Waals surface area contributed by atoms with E-state index < -0.39 is 6.10 Å². The molecule has 6 rings (SSSR count). The third-order valence-electron chi connectivity index (χ3n) is 6.31. The molecule has 33 heavy (non-hydrogen) atoms.